The maximum absolute atomic E-state index is 5.13. The first kappa shape index (κ1) is 11.6. The highest BCUT2D eigenvalue weighted by molar-refractivity contribution is 5.23. The van der Waals surface area contributed by atoms with Crippen molar-refractivity contribution in [2.75, 3.05) is 7.11 Å². The van der Waals surface area contributed by atoms with Crippen molar-refractivity contribution in [2.45, 2.75) is 39.5 Å². The maximum Gasteiger partial charge on any atom is 0.0713 e. The minimum atomic E-state index is 0.504. The van der Waals surface area contributed by atoms with Crippen molar-refractivity contribution in [2.24, 2.45) is 5.41 Å². The third kappa shape index (κ3) is 2.83. The van der Waals surface area contributed by atoms with Crippen LogP contribution < -0.4 is 5.32 Å². The average Bonchev–Trinajstić information content (AvgIpc) is 2.85. The largest absolute Gasteiger partial charge is 0.380 e. The summed E-state index contributed by atoms with van der Waals surface area (Å²) in [5, 5.41) is 3.59. The summed E-state index contributed by atoms with van der Waals surface area (Å²) in [6, 6.07) is 9.28. The molecule has 88 valence electrons. The van der Waals surface area contributed by atoms with E-state index < -0.39 is 0 Å². The van der Waals surface area contributed by atoms with Gasteiger partial charge in [0.25, 0.3) is 0 Å². The van der Waals surface area contributed by atoms with Gasteiger partial charge in [-0.15, -0.1) is 0 Å². The van der Waals surface area contributed by atoms with Crippen molar-refractivity contribution in [3.05, 3.63) is 35.4 Å². The Balaban J connectivity index is 1.87. The molecule has 1 unspecified atom stereocenters. The van der Waals surface area contributed by atoms with Gasteiger partial charge in [0.05, 0.1) is 6.61 Å². The van der Waals surface area contributed by atoms with Crippen LogP contribution in [-0.4, -0.2) is 13.2 Å². The number of ether oxygens (including phenoxy) is 1. The van der Waals surface area contributed by atoms with Gasteiger partial charge in [0.2, 0.25) is 0 Å². The Kier molecular flexibility index (Phi) is 3.31. The minimum absolute atomic E-state index is 0.504. The zero-order valence-corrected chi connectivity index (χ0v) is 10.4. The summed E-state index contributed by atoms with van der Waals surface area (Å²) >= 11 is 0. The lowest BCUT2D eigenvalue weighted by Crippen LogP contribution is -2.19. The van der Waals surface area contributed by atoms with Crippen molar-refractivity contribution >= 4 is 0 Å². The molecule has 0 radical (unpaired) electrons. The molecule has 1 saturated carbocycles. The van der Waals surface area contributed by atoms with E-state index in [-0.39, 0.29) is 0 Å². The van der Waals surface area contributed by atoms with Gasteiger partial charge in [0.15, 0.2) is 0 Å². The van der Waals surface area contributed by atoms with Crippen molar-refractivity contribution in [1.29, 1.82) is 0 Å². The molecule has 1 fully saturated rings. The molecular weight excluding hydrogens is 198 g/mol. The summed E-state index contributed by atoms with van der Waals surface area (Å²) in [5.41, 5.74) is 3.10. The molecule has 2 nitrogen and oxygen atoms in total. The number of hydrogen-bond donors (Lipinski definition) is 1. The zero-order chi connectivity index (χ0) is 11.6. The van der Waals surface area contributed by atoms with Gasteiger partial charge in [0, 0.05) is 19.7 Å². The summed E-state index contributed by atoms with van der Waals surface area (Å²) in [6.45, 7) is 6.28. The first-order chi connectivity index (χ1) is 7.62. The van der Waals surface area contributed by atoms with E-state index in [9.17, 15) is 0 Å². The zero-order valence-electron chi connectivity index (χ0n) is 10.4. The summed E-state index contributed by atoms with van der Waals surface area (Å²) < 4.78 is 5.13. The minimum Gasteiger partial charge on any atom is -0.380 e. The fraction of sp³-hybridized carbons (Fsp3) is 0.571. The molecule has 0 saturated heterocycles. The molecule has 1 aliphatic rings. The Labute approximate surface area is 98.0 Å². The summed E-state index contributed by atoms with van der Waals surface area (Å²) in [5.74, 6) is 0. The van der Waals surface area contributed by atoms with E-state index in [2.05, 4.69) is 43.4 Å². The Bertz CT molecular complexity index is 360. The van der Waals surface area contributed by atoms with E-state index in [0.29, 0.717) is 18.1 Å². The van der Waals surface area contributed by atoms with Gasteiger partial charge in [-0.25, -0.2) is 0 Å². The van der Waals surface area contributed by atoms with Crippen LogP contribution in [-0.2, 0) is 17.9 Å². The second-order valence-electron chi connectivity index (χ2n) is 5.38. The van der Waals surface area contributed by atoms with E-state index in [0.717, 1.165) is 6.54 Å². The van der Waals surface area contributed by atoms with Crippen LogP contribution in [0.15, 0.2) is 24.3 Å². The number of methoxy groups -OCH3 is 1. The van der Waals surface area contributed by atoms with Gasteiger partial charge in [-0.1, -0.05) is 38.1 Å². The molecule has 16 heavy (non-hydrogen) atoms. The fourth-order valence-electron chi connectivity index (χ4n) is 2.05. The van der Waals surface area contributed by atoms with Crippen LogP contribution in [0.3, 0.4) is 0 Å². The molecule has 0 heterocycles. The molecule has 0 bridgehead atoms. The Morgan fingerprint density at radius 1 is 1.38 bits per heavy atom. The molecule has 1 N–H and O–H groups in total. The van der Waals surface area contributed by atoms with E-state index in [1.807, 2.05) is 0 Å². The van der Waals surface area contributed by atoms with Crippen LogP contribution in [0.5, 0.6) is 0 Å². The third-order valence-electron chi connectivity index (χ3n) is 3.37. The third-order valence-corrected chi connectivity index (χ3v) is 3.37. The van der Waals surface area contributed by atoms with Crippen LogP contribution in [0.25, 0.3) is 0 Å². The normalized spacial score (nSPS) is 22.1. The van der Waals surface area contributed by atoms with E-state index in [1.54, 1.807) is 7.11 Å². The summed E-state index contributed by atoms with van der Waals surface area (Å²) in [7, 11) is 1.73. The number of benzene rings is 1. The molecule has 1 aromatic rings. The number of hydrogen-bond acceptors (Lipinski definition) is 2. The second-order valence-corrected chi connectivity index (χ2v) is 5.38. The lowest BCUT2D eigenvalue weighted by molar-refractivity contribution is 0.185. The number of nitrogens with one attached hydrogen (secondary N) is 1. The van der Waals surface area contributed by atoms with Crippen molar-refractivity contribution < 1.29 is 4.74 Å². The smallest absolute Gasteiger partial charge is 0.0713 e. The molecule has 2 heteroatoms. The predicted octanol–water partition coefficient (Wildman–Crippen LogP) is 2.72. The van der Waals surface area contributed by atoms with Crippen LogP contribution in [0.1, 0.15) is 31.4 Å². The van der Waals surface area contributed by atoms with Gasteiger partial charge in [-0.05, 0) is 23.0 Å². The lowest BCUT2D eigenvalue weighted by Gasteiger charge is -2.08. The van der Waals surface area contributed by atoms with E-state index >= 15 is 0 Å². The lowest BCUT2D eigenvalue weighted by atomic mass is 10.1. The molecule has 1 aliphatic carbocycles. The first-order valence-corrected chi connectivity index (χ1v) is 5.92. The van der Waals surface area contributed by atoms with Crippen molar-refractivity contribution in [1.82, 2.24) is 5.32 Å². The SMILES string of the molecule is COCc1cccc(CNC2CC2(C)C)c1. The van der Waals surface area contributed by atoms with Crippen LogP contribution in [0, 0.1) is 5.41 Å². The molecule has 1 aromatic carbocycles. The molecule has 1 atom stereocenters. The van der Waals surface area contributed by atoms with E-state index in [1.165, 1.54) is 17.5 Å². The van der Waals surface area contributed by atoms with Crippen molar-refractivity contribution in [3.8, 4) is 0 Å². The van der Waals surface area contributed by atoms with Gasteiger partial charge in [0.1, 0.15) is 0 Å². The molecule has 2 rings (SSSR count). The fourth-order valence-corrected chi connectivity index (χ4v) is 2.05. The van der Waals surface area contributed by atoms with Crippen LogP contribution >= 0.6 is 0 Å². The molecule has 0 aliphatic heterocycles. The van der Waals surface area contributed by atoms with Gasteiger partial charge >= 0.3 is 0 Å². The molecular formula is C14H21NO. The van der Waals surface area contributed by atoms with Gasteiger partial charge in [-0.3, -0.25) is 0 Å². The Hall–Kier alpha value is -0.860. The van der Waals surface area contributed by atoms with Gasteiger partial charge < -0.3 is 10.1 Å². The molecule has 0 spiro atoms. The summed E-state index contributed by atoms with van der Waals surface area (Å²) in [4.78, 5) is 0. The monoisotopic (exact) mass is 219 g/mol. The first-order valence-electron chi connectivity index (χ1n) is 5.92. The van der Waals surface area contributed by atoms with Gasteiger partial charge in [-0.2, -0.15) is 0 Å². The Morgan fingerprint density at radius 2 is 2.06 bits per heavy atom. The highest BCUT2D eigenvalue weighted by Gasteiger charge is 2.44. The highest BCUT2D eigenvalue weighted by atomic mass is 16.5. The number of rotatable bonds is 5. The average molecular weight is 219 g/mol. The predicted molar refractivity (Wildman–Crippen MR) is 66.2 cm³/mol. The quantitative estimate of drug-likeness (QED) is 0.822. The Morgan fingerprint density at radius 3 is 2.69 bits per heavy atom. The van der Waals surface area contributed by atoms with Crippen LogP contribution in [0.2, 0.25) is 0 Å². The highest BCUT2D eigenvalue weighted by Crippen LogP contribution is 2.44. The van der Waals surface area contributed by atoms with Crippen molar-refractivity contribution in [3.63, 3.8) is 0 Å². The summed E-state index contributed by atoms with van der Waals surface area (Å²) in [6.07, 6.45) is 1.30. The topological polar surface area (TPSA) is 21.3 Å². The second kappa shape index (κ2) is 4.56. The van der Waals surface area contributed by atoms with E-state index in [4.69, 9.17) is 4.74 Å². The molecule has 0 amide bonds. The maximum atomic E-state index is 5.13. The van der Waals surface area contributed by atoms with Crippen LogP contribution in [0.4, 0.5) is 0 Å². The standard InChI is InChI=1S/C14H21NO/c1-14(2)8-13(14)15-9-11-5-4-6-12(7-11)10-16-3/h4-7,13,15H,8-10H2,1-3H3. The molecule has 0 aromatic heterocycles.